The molecule has 0 saturated carbocycles. The van der Waals surface area contributed by atoms with Crippen molar-refractivity contribution in [1.82, 2.24) is 4.90 Å². The van der Waals surface area contributed by atoms with Gasteiger partial charge in [-0.1, -0.05) is 17.8 Å². The Morgan fingerprint density at radius 2 is 2.00 bits per heavy atom. The molecule has 0 radical (unpaired) electrons. The van der Waals surface area contributed by atoms with Crippen molar-refractivity contribution in [3.63, 3.8) is 0 Å². The molecular formula is C16H19NO6S. The Labute approximate surface area is 143 Å². The van der Waals surface area contributed by atoms with Crippen LogP contribution in [0.2, 0.25) is 0 Å². The average molecular weight is 353 g/mol. The van der Waals surface area contributed by atoms with Crippen LogP contribution in [0, 0.1) is 0 Å². The number of thioether (sulfide) groups is 1. The molecule has 1 amide bonds. The van der Waals surface area contributed by atoms with Crippen molar-refractivity contribution in [1.29, 1.82) is 0 Å². The molecule has 0 aromatic heterocycles. The number of rotatable bonds is 7. The highest BCUT2D eigenvalue weighted by atomic mass is 32.2. The summed E-state index contributed by atoms with van der Waals surface area (Å²) in [6.07, 6.45) is 0.596. The first-order chi connectivity index (χ1) is 11.4. The van der Waals surface area contributed by atoms with Crippen LogP contribution < -0.4 is 9.47 Å². The lowest BCUT2D eigenvalue weighted by Crippen LogP contribution is -2.43. The van der Waals surface area contributed by atoms with E-state index < -0.39 is 12.0 Å². The maximum absolute atomic E-state index is 12.4. The number of carboxylic acid groups (broad SMARTS) is 1. The number of carbonyl (C=O) groups is 3. The van der Waals surface area contributed by atoms with Crippen LogP contribution in [0.3, 0.4) is 0 Å². The molecule has 1 aromatic rings. The third-order valence-corrected chi connectivity index (χ3v) is 4.43. The summed E-state index contributed by atoms with van der Waals surface area (Å²) in [6.45, 7) is 3.00. The highest BCUT2D eigenvalue weighted by Crippen LogP contribution is 2.32. The van der Waals surface area contributed by atoms with E-state index in [1.165, 1.54) is 18.7 Å². The summed E-state index contributed by atoms with van der Waals surface area (Å²) in [5.41, 5.74) is 0.898. The molecule has 0 bridgehead atoms. The number of aryl methyl sites for hydroxylation is 1. The van der Waals surface area contributed by atoms with Crippen LogP contribution in [0.25, 0.3) is 0 Å². The van der Waals surface area contributed by atoms with Crippen LogP contribution in [-0.4, -0.2) is 45.7 Å². The average Bonchev–Trinajstić information content (AvgIpc) is 3.00. The van der Waals surface area contributed by atoms with Crippen LogP contribution in [0.1, 0.15) is 25.8 Å². The molecule has 1 aliphatic heterocycles. The molecule has 1 unspecified atom stereocenters. The fourth-order valence-electron chi connectivity index (χ4n) is 2.18. The second-order valence-corrected chi connectivity index (χ2v) is 6.45. The second kappa shape index (κ2) is 8.05. The van der Waals surface area contributed by atoms with E-state index in [0.29, 0.717) is 17.9 Å². The Morgan fingerprint density at radius 3 is 2.67 bits per heavy atom. The Kier molecular flexibility index (Phi) is 6.08. The molecule has 1 heterocycles. The molecule has 0 fully saturated rings. The van der Waals surface area contributed by atoms with E-state index in [1.807, 2.05) is 12.1 Å². The molecule has 0 saturated heterocycles. The van der Waals surface area contributed by atoms with Gasteiger partial charge in [0, 0.05) is 13.3 Å². The number of fused-ring (bicyclic) bond motifs is 1. The fraction of sp³-hybridized carbons (Fsp3) is 0.438. The van der Waals surface area contributed by atoms with Gasteiger partial charge in [-0.15, -0.1) is 0 Å². The van der Waals surface area contributed by atoms with Gasteiger partial charge in [-0.3, -0.25) is 9.59 Å². The second-order valence-electron chi connectivity index (χ2n) is 5.33. The van der Waals surface area contributed by atoms with Crippen LogP contribution >= 0.6 is 11.8 Å². The van der Waals surface area contributed by atoms with Crippen molar-refractivity contribution in [3.05, 3.63) is 23.8 Å². The summed E-state index contributed by atoms with van der Waals surface area (Å²) in [5, 5.41) is 8.97. The zero-order valence-electron chi connectivity index (χ0n) is 13.5. The number of carboxylic acids is 1. The SMILES string of the molecule is CC(=O)SCN(C(=O)CCc1ccc2c(c1)OCO2)C(C)C(=O)O. The van der Waals surface area contributed by atoms with Crippen LogP contribution in [0.5, 0.6) is 11.5 Å². The van der Waals surface area contributed by atoms with Crippen molar-refractivity contribution in [2.45, 2.75) is 32.7 Å². The van der Waals surface area contributed by atoms with Gasteiger partial charge in [0.25, 0.3) is 0 Å². The topological polar surface area (TPSA) is 93.1 Å². The Balaban J connectivity index is 1.98. The first kappa shape index (κ1) is 18.1. The van der Waals surface area contributed by atoms with E-state index >= 15 is 0 Å². The van der Waals surface area contributed by atoms with Gasteiger partial charge in [-0.05, 0) is 31.0 Å². The van der Waals surface area contributed by atoms with E-state index in [0.717, 1.165) is 17.3 Å². The van der Waals surface area contributed by atoms with Crippen molar-refractivity contribution in [3.8, 4) is 11.5 Å². The zero-order valence-corrected chi connectivity index (χ0v) is 14.3. The fourth-order valence-corrected chi connectivity index (χ4v) is 2.87. The minimum absolute atomic E-state index is 0.0305. The molecule has 8 heteroatoms. The molecule has 1 aliphatic rings. The van der Waals surface area contributed by atoms with Crippen molar-refractivity contribution in [2.24, 2.45) is 0 Å². The van der Waals surface area contributed by atoms with E-state index in [1.54, 1.807) is 6.07 Å². The Bertz CT molecular complexity index is 647. The predicted octanol–water partition coefficient (Wildman–Crippen LogP) is 1.89. The molecule has 1 aromatic carbocycles. The minimum atomic E-state index is -1.10. The van der Waals surface area contributed by atoms with E-state index in [4.69, 9.17) is 14.6 Å². The van der Waals surface area contributed by atoms with Gasteiger partial charge in [-0.25, -0.2) is 4.79 Å². The van der Waals surface area contributed by atoms with Crippen molar-refractivity contribution >= 4 is 28.8 Å². The summed E-state index contributed by atoms with van der Waals surface area (Å²) in [7, 11) is 0. The number of ether oxygens (including phenoxy) is 2. The number of benzene rings is 1. The first-order valence-corrected chi connectivity index (χ1v) is 8.41. The number of aliphatic carboxylic acids is 1. The molecule has 0 spiro atoms. The molecular weight excluding hydrogens is 334 g/mol. The summed E-state index contributed by atoms with van der Waals surface area (Å²) in [4.78, 5) is 35.9. The monoisotopic (exact) mass is 353 g/mol. The number of carbonyl (C=O) groups excluding carboxylic acids is 2. The van der Waals surface area contributed by atoms with Crippen LogP contribution in [0.15, 0.2) is 18.2 Å². The normalized spacial score (nSPS) is 13.4. The van der Waals surface area contributed by atoms with Crippen LogP contribution in [0.4, 0.5) is 0 Å². The van der Waals surface area contributed by atoms with E-state index in [-0.39, 0.29) is 30.1 Å². The lowest BCUT2D eigenvalue weighted by atomic mass is 10.1. The van der Waals surface area contributed by atoms with Crippen LogP contribution in [-0.2, 0) is 20.8 Å². The lowest BCUT2D eigenvalue weighted by Gasteiger charge is -2.25. The van der Waals surface area contributed by atoms with E-state index in [9.17, 15) is 14.4 Å². The minimum Gasteiger partial charge on any atom is -0.480 e. The lowest BCUT2D eigenvalue weighted by molar-refractivity contribution is -0.148. The molecule has 2 rings (SSSR count). The molecule has 7 nitrogen and oxygen atoms in total. The third kappa shape index (κ3) is 4.64. The third-order valence-electron chi connectivity index (χ3n) is 3.62. The van der Waals surface area contributed by atoms with Gasteiger partial charge in [0.15, 0.2) is 16.6 Å². The molecule has 0 aliphatic carbocycles. The number of amides is 1. The van der Waals surface area contributed by atoms with Gasteiger partial charge in [-0.2, -0.15) is 0 Å². The Hall–Kier alpha value is -2.22. The molecule has 130 valence electrons. The summed E-state index contributed by atoms with van der Waals surface area (Å²) < 4.78 is 10.5. The summed E-state index contributed by atoms with van der Waals surface area (Å²) in [6, 6.07) is 4.45. The maximum atomic E-state index is 12.4. The number of hydrogen-bond donors (Lipinski definition) is 1. The van der Waals surface area contributed by atoms with Gasteiger partial charge < -0.3 is 19.5 Å². The predicted molar refractivity (Wildman–Crippen MR) is 88.0 cm³/mol. The van der Waals surface area contributed by atoms with Gasteiger partial charge >= 0.3 is 5.97 Å². The molecule has 1 atom stereocenters. The molecule has 1 N–H and O–H groups in total. The Morgan fingerprint density at radius 1 is 1.29 bits per heavy atom. The first-order valence-electron chi connectivity index (χ1n) is 7.42. The summed E-state index contributed by atoms with van der Waals surface area (Å²) in [5.74, 6) is -0.0678. The highest BCUT2D eigenvalue weighted by Gasteiger charge is 2.25. The molecule has 24 heavy (non-hydrogen) atoms. The standard InChI is InChI=1S/C16H19NO6S/c1-10(16(20)21)17(8-24-11(2)18)15(19)6-4-12-3-5-13-14(7-12)23-9-22-13/h3,5,7,10H,4,6,8-9H2,1-2H3,(H,20,21). The van der Waals surface area contributed by atoms with Gasteiger partial charge in [0.1, 0.15) is 6.04 Å². The largest absolute Gasteiger partial charge is 0.480 e. The summed E-state index contributed by atoms with van der Waals surface area (Å²) >= 11 is 0.918. The highest BCUT2D eigenvalue weighted by molar-refractivity contribution is 8.13. The number of hydrogen-bond acceptors (Lipinski definition) is 6. The van der Waals surface area contributed by atoms with E-state index in [2.05, 4.69) is 0 Å². The number of nitrogens with zero attached hydrogens (tertiary/aromatic N) is 1. The zero-order chi connectivity index (χ0) is 17.7. The van der Waals surface area contributed by atoms with Gasteiger partial charge in [0.05, 0.1) is 5.88 Å². The maximum Gasteiger partial charge on any atom is 0.326 e. The van der Waals surface area contributed by atoms with Gasteiger partial charge in [0.2, 0.25) is 12.7 Å². The van der Waals surface area contributed by atoms with Crippen molar-refractivity contribution < 1.29 is 29.0 Å². The van der Waals surface area contributed by atoms with Crippen molar-refractivity contribution in [2.75, 3.05) is 12.7 Å². The smallest absolute Gasteiger partial charge is 0.326 e. The quantitative estimate of drug-likeness (QED) is 0.748.